The van der Waals surface area contributed by atoms with E-state index < -0.39 is 0 Å². The molecule has 1 atom stereocenters. The minimum Gasteiger partial charge on any atom is -0.357 e. The first-order chi connectivity index (χ1) is 13.0. The van der Waals surface area contributed by atoms with Gasteiger partial charge in [0.1, 0.15) is 0 Å². The zero-order valence-electron chi connectivity index (χ0n) is 17.3. The Kier molecular flexibility index (Phi) is 8.58. The molecule has 1 aromatic rings. The number of amides is 1. The molecular weight excluding hydrogens is 338 g/mol. The molecule has 1 aliphatic heterocycles. The normalized spacial score (nSPS) is 16.1. The fourth-order valence-electron chi connectivity index (χ4n) is 3.10. The van der Waals surface area contributed by atoms with E-state index in [1.165, 1.54) is 0 Å². The summed E-state index contributed by atoms with van der Waals surface area (Å²) < 4.78 is 0. The van der Waals surface area contributed by atoms with Crippen LogP contribution in [0, 0.1) is 0 Å². The van der Waals surface area contributed by atoms with Crippen LogP contribution in [0.15, 0.2) is 29.3 Å². The van der Waals surface area contributed by atoms with Gasteiger partial charge in [-0.2, -0.15) is 0 Å². The van der Waals surface area contributed by atoms with Crippen LogP contribution in [0.1, 0.15) is 45.6 Å². The number of benzene rings is 1. The summed E-state index contributed by atoms with van der Waals surface area (Å²) >= 11 is 0. The summed E-state index contributed by atoms with van der Waals surface area (Å²) in [6.07, 6.45) is 2.77. The zero-order chi connectivity index (χ0) is 19.6. The van der Waals surface area contributed by atoms with Crippen LogP contribution < -0.4 is 15.5 Å². The number of guanidine groups is 1. The minimum absolute atomic E-state index is 0.224. The van der Waals surface area contributed by atoms with E-state index in [0.29, 0.717) is 19.0 Å². The van der Waals surface area contributed by atoms with Gasteiger partial charge < -0.3 is 20.4 Å². The molecule has 0 bridgehead atoms. The number of aliphatic imine (C=N–C) groups is 1. The number of anilines is 1. The molecule has 2 rings (SSSR count). The summed E-state index contributed by atoms with van der Waals surface area (Å²) in [5, 5.41) is 6.71. The SMILES string of the molecule is CCNC(=NCc1ccc(N2CCCC2=O)cc1)NCCN(C)C(C)CC. The summed E-state index contributed by atoms with van der Waals surface area (Å²) in [6, 6.07) is 8.76. The van der Waals surface area contributed by atoms with Crippen LogP contribution in [0.25, 0.3) is 0 Å². The predicted molar refractivity (Wildman–Crippen MR) is 113 cm³/mol. The third-order valence-corrected chi connectivity index (χ3v) is 5.19. The van der Waals surface area contributed by atoms with Gasteiger partial charge in [0.2, 0.25) is 5.91 Å². The molecule has 6 heteroatoms. The highest BCUT2D eigenvalue weighted by atomic mass is 16.2. The highest BCUT2D eigenvalue weighted by Gasteiger charge is 2.21. The van der Waals surface area contributed by atoms with Gasteiger partial charge in [-0.1, -0.05) is 19.1 Å². The van der Waals surface area contributed by atoms with Crippen molar-refractivity contribution >= 4 is 17.6 Å². The van der Waals surface area contributed by atoms with Crippen LogP contribution >= 0.6 is 0 Å². The van der Waals surface area contributed by atoms with Crippen molar-refractivity contribution in [1.82, 2.24) is 15.5 Å². The van der Waals surface area contributed by atoms with Crippen LogP contribution in [0.2, 0.25) is 0 Å². The first-order valence-corrected chi connectivity index (χ1v) is 10.2. The van der Waals surface area contributed by atoms with Crippen molar-refractivity contribution in [2.75, 3.05) is 38.1 Å². The minimum atomic E-state index is 0.224. The molecule has 27 heavy (non-hydrogen) atoms. The third kappa shape index (κ3) is 6.54. The Bertz CT molecular complexity index is 614. The van der Waals surface area contributed by atoms with E-state index in [1.54, 1.807) is 0 Å². The summed E-state index contributed by atoms with van der Waals surface area (Å²) in [7, 11) is 2.16. The van der Waals surface area contributed by atoms with E-state index in [9.17, 15) is 4.79 Å². The van der Waals surface area contributed by atoms with Crippen molar-refractivity contribution < 1.29 is 4.79 Å². The maximum Gasteiger partial charge on any atom is 0.227 e. The smallest absolute Gasteiger partial charge is 0.227 e. The molecule has 0 aliphatic carbocycles. The second-order valence-corrected chi connectivity index (χ2v) is 7.18. The van der Waals surface area contributed by atoms with E-state index in [0.717, 1.165) is 56.2 Å². The Balaban J connectivity index is 1.87. The Morgan fingerprint density at radius 1 is 1.26 bits per heavy atom. The molecule has 1 fully saturated rings. The molecular formula is C21H35N5O. The summed E-state index contributed by atoms with van der Waals surface area (Å²) in [5.41, 5.74) is 2.13. The first-order valence-electron chi connectivity index (χ1n) is 10.2. The highest BCUT2D eigenvalue weighted by molar-refractivity contribution is 5.95. The molecule has 0 saturated carbocycles. The molecule has 1 aliphatic rings. The average molecular weight is 374 g/mol. The maximum absolute atomic E-state index is 11.8. The lowest BCUT2D eigenvalue weighted by Gasteiger charge is -2.24. The number of rotatable bonds is 9. The van der Waals surface area contributed by atoms with Gasteiger partial charge in [-0.15, -0.1) is 0 Å². The van der Waals surface area contributed by atoms with Crippen LogP contribution in [0.5, 0.6) is 0 Å². The molecule has 1 saturated heterocycles. The van der Waals surface area contributed by atoms with Gasteiger partial charge in [-0.3, -0.25) is 4.79 Å². The van der Waals surface area contributed by atoms with Crippen molar-refractivity contribution in [2.24, 2.45) is 4.99 Å². The predicted octanol–water partition coefficient (Wildman–Crippen LogP) is 2.60. The van der Waals surface area contributed by atoms with Gasteiger partial charge >= 0.3 is 0 Å². The number of hydrogen-bond acceptors (Lipinski definition) is 3. The number of likely N-dealkylation sites (N-methyl/N-ethyl adjacent to an activating group) is 1. The summed E-state index contributed by atoms with van der Waals surface area (Å²) in [4.78, 5) is 20.7. The number of nitrogens with zero attached hydrogens (tertiary/aromatic N) is 3. The van der Waals surface area contributed by atoms with Gasteiger partial charge in [-0.05, 0) is 51.4 Å². The quantitative estimate of drug-likeness (QED) is 0.516. The molecule has 150 valence electrons. The van der Waals surface area contributed by atoms with E-state index in [4.69, 9.17) is 0 Å². The van der Waals surface area contributed by atoms with Gasteiger partial charge in [0.25, 0.3) is 0 Å². The van der Waals surface area contributed by atoms with Gasteiger partial charge in [0.05, 0.1) is 6.54 Å². The number of carbonyl (C=O) groups excluding carboxylic acids is 1. The van der Waals surface area contributed by atoms with E-state index in [1.807, 2.05) is 17.0 Å². The van der Waals surface area contributed by atoms with Gasteiger partial charge in [0, 0.05) is 44.3 Å². The Hall–Kier alpha value is -2.08. The molecule has 1 amide bonds. The molecule has 0 spiro atoms. The Labute approximate surface area is 164 Å². The van der Waals surface area contributed by atoms with Crippen molar-refractivity contribution in [1.29, 1.82) is 0 Å². The molecule has 0 aromatic heterocycles. The van der Waals surface area contributed by atoms with Gasteiger partial charge in [-0.25, -0.2) is 4.99 Å². The average Bonchev–Trinajstić information content (AvgIpc) is 3.11. The lowest BCUT2D eigenvalue weighted by molar-refractivity contribution is -0.117. The Morgan fingerprint density at radius 3 is 2.59 bits per heavy atom. The lowest BCUT2D eigenvalue weighted by Crippen LogP contribution is -2.42. The van der Waals surface area contributed by atoms with Gasteiger partial charge in [0.15, 0.2) is 5.96 Å². The first kappa shape index (κ1) is 21.2. The lowest BCUT2D eigenvalue weighted by atomic mass is 10.2. The van der Waals surface area contributed by atoms with E-state index in [2.05, 4.69) is 60.5 Å². The molecule has 1 unspecified atom stereocenters. The van der Waals surface area contributed by atoms with E-state index in [-0.39, 0.29) is 5.91 Å². The largest absolute Gasteiger partial charge is 0.357 e. The fraction of sp³-hybridized carbons (Fsp3) is 0.619. The number of carbonyl (C=O) groups is 1. The Morgan fingerprint density at radius 2 is 2.00 bits per heavy atom. The summed E-state index contributed by atoms with van der Waals surface area (Å²) in [6.45, 7) is 10.7. The zero-order valence-corrected chi connectivity index (χ0v) is 17.3. The third-order valence-electron chi connectivity index (χ3n) is 5.19. The number of nitrogens with one attached hydrogen (secondary N) is 2. The second kappa shape index (κ2) is 10.9. The fourth-order valence-corrected chi connectivity index (χ4v) is 3.10. The molecule has 2 N–H and O–H groups in total. The molecule has 0 radical (unpaired) electrons. The number of hydrogen-bond donors (Lipinski definition) is 2. The monoisotopic (exact) mass is 373 g/mol. The summed E-state index contributed by atoms with van der Waals surface area (Å²) in [5.74, 6) is 1.07. The van der Waals surface area contributed by atoms with E-state index >= 15 is 0 Å². The molecule has 6 nitrogen and oxygen atoms in total. The van der Waals surface area contributed by atoms with Crippen molar-refractivity contribution in [3.05, 3.63) is 29.8 Å². The molecule has 1 aromatic carbocycles. The van der Waals surface area contributed by atoms with Crippen LogP contribution in [-0.2, 0) is 11.3 Å². The van der Waals surface area contributed by atoms with Crippen LogP contribution in [0.3, 0.4) is 0 Å². The second-order valence-electron chi connectivity index (χ2n) is 7.18. The highest BCUT2D eigenvalue weighted by Crippen LogP contribution is 2.21. The topological polar surface area (TPSA) is 60.0 Å². The van der Waals surface area contributed by atoms with Crippen LogP contribution in [0.4, 0.5) is 5.69 Å². The van der Waals surface area contributed by atoms with Crippen LogP contribution in [-0.4, -0.2) is 56.0 Å². The van der Waals surface area contributed by atoms with Crippen molar-refractivity contribution in [3.63, 3.8) is 0 Å². The maximum atomic E-state index is 11.8. The standard InChI is InChI=1S/C21H35N5O/c1-5-17(3)25(4)15-13-23-21(22-6-2)24-16-18-9-11-19(12-10-18)26-14-7-8-20(26)27/h9-12,17H,5-8,13-16H2,1-4H3,(H2,22,23,24). The molecule has 1 heterocycles. The van der Waals surface area contributed by atoms with Crippen molar-refractivity contribution in [2.45, 2.75) is 52.6 Å². The van der Waals surface area contributed by atoms with Crippen molar-refractivity contribution in [3.8, 4) is 0 Å².